The first-order valence-electron chi connectivity index (χ1n) is 7.00. The fourth-order valence-electron chi connectivity index (χ4n) is 2.46. The zero-order valence-electron chi connectivity index (χ0n) is 11.3. The monoisotopic (exact) mass is 269 g/mol. The second kappa shape index (κ2) is 6.85. The highest BCUT2D eigenvalue weighted by Crippen LogP contribution is 2.18. The molecule has 0 heterocycles. The summed E-state index contributed by atoms with van der Waals surface area (Å²) in [5, 5.41) is 3.47. The van der Waals surface area contributed by atoms with Gasteiger partial charge in [-0.15, -0.1) is 0 Å². The molecule has 19 heavy (non-hydrogen) atoms. The van der Waals surface area contributed by atoms with E-state index in [4.69, 9.17) is 4.74 Å². The Hall–Kier alpha value is -1.16. The quantitative estimate of drug-likeness (QED) is 0.881. The van der Waals surface area contributed by atoms with Gasteiger partial charge in [0.1, 0.15) is 11.9 Å². The summed E-state index contributed by atoms with van der Waals surface area (Å²) in [7, 11) is 0. The van der Waals surface area contributed by atoms with E-state index in [1.807, 2.05) is 6.92 Å². The molecule has 0 aliphatic heterocycles. The first-order valence-corrected chi connectivity index (χ1v) is 7.00. The molecule has 0 bridgehead atoms. The molecule has 0 aromatic heterocycles. The van der Waals surface area contributed by atoms with Gasteiger partial charge < -0.3 is 10.1 Å². The molecule has 1 aromatic rings. The van der Waals surface area contributed by atoms with Crippen molar-refractivity contribution in [2.24, 2.45) is 0 Å². The van der Waals surface area contributed by atoms with Crippen molar-refractivity contribution in [3.8, 4) is 5.75 Å². The first kappa shape index (κ1) is 14.3. The van der Waals surface area contributed by atoms with Crippen LogP contribution in [0.4, 0.5) is 8.78 Å². The average Bonchev–Trinajstić information content (AvgIpc) is 2.42. The van der Waals surface area contributed by atoms with Crippen molar-refractivity contribution in [1.29, 1.82) is 0 Å². The van der Waals surface area contributed by atoms with Crippen LogP contribution in [0.1, 0.15) is 39.0 Å². The summed E-state index contributed by atoms with van der Waals surface area (Å²) in [5.74, 6) is -1.35. The number of benzene rings is 1. The summed E-state index contributed by atoms with van der Waals surface area (Å²) in [6.07, 6.45) is 6.29. The molecule has 1 atom stereocenters. The van der Waals surface area contributed by atoms with E-state index in [1.54, 1.807) is 0 Å². The Kier molecular flexibility index (Phi) is 5.14. The van der Waals surface area contributed by atoms with Gasteiger partial charge >= 0.3 is 0 Å². The van der Waals surface area contributed by atoms with E-state index in [-0.39, 0.29) is 6.10 Å². The topological polar surface area (TPSA) is 21.3 Å². The lowest BCUT2D eigenvalue weighted by molar-refractivity contribution is 0.204. The molecule has 1 unspecified atom stereocenters. The van der Waals surface area contributed by atoms with Gasteiger partial charge in [-0.25, -0.2) is 8.78 Å². The molecular weight excluding hydrogens is 248 g/mol. The van der Waals surface area contributed by atoms with Gasteiger partial charge in [0.15, 0.2) is 11.6 Å². The summed E-state index contributed by atoms with van der Waals surface area (Å²) in [5.41, 5.74) is 0. The number of rotatable bonds is 5. The van der Waals surface area contributed by atoms with Crippen LogP contribution in [0.3, 0.4) is 0 Å². The molecule has 1 aliphatic rings. The second-order valence-electron chi connectivity index (χ2n) is 5.25. The molecule has 0 spiro atoms. The van der Waals surface area contributed by atoms with E-state index in [1.165, 1.54) is 38.2 Å². The van der Waals surface area contributed by atoms with E-state index in [2.05, 4.69) is 5.32 Å². The maximum Gasteiger partial charge on any atom is 0.162 e. The lowest BCUT2D eigenvalue weighted by Gasteiger charge is -2.25. The fraction of sp³-hybridized carbons (Fsp3) is 0.600. The van der Waals surface area contributed by atoms with Gasteiger partial charge in [-0.1, -0.05) is 19.3 Å². The molecule has 106 valence electrons. The van der Waals surface area contributed by atoms with E-state index in [0.29, 0.717) is 11.8 Å². The lowest BCUT2D eigenvalue weighted by atomic mass is 9.95. The average molecular weight is 269 g/mol. The normalized spacial score (nSPS) is 18.3. The third-order valence-electron chi connectivity index (χ3n) is 3.53. The largest absolute Gasteiger partial charge is 0.489 e. The Balaban J connectivity index is 1.76. The molecule has 1 saturated carbocycles. The van der Waals surface area contributed by atoms with Crippen LogP contribution in [0.25, 0.3) is 0 Å². The molecule has 1 aromatic carbocycles. The standard InChI is InChI=1S/C15H21F2NO/c1-11(10-18-12-5-3-2-4-6-12)19-13-7-8-14(16)15(17)9-13/h7-9,11-12,18H,2-6,10H2,1H3. The van der Waals surface area contributed by atoms with Crippen molar-refractivity contribution in [3.05, 3.63) is 29.8 Å². The number of hydrogen-bond acceptors (Lipinski definition) is 2. The van der Waals surface area contributed by atoms with E-state index >= 15 is 0 Å². The van der Waals surface area contributed by atoms with Crippen LogP contribution in [0.15, 0.2) is 18.2 Å². The molecular formula is C15H21F2NO. The van der Waals surface area contributed by atoms with Crippen LogP contribution in [-0.2, 0) is 0 Å². The molecule has 0 radical (unpaired) electrons. The Bertz CT molecular complexity index is 405. The summed E-state index contributed by atoms with van der Waals surface area (Å²) < 4.78 is 31.4. The highest BCUT2D eigenvalue weighted by molar-refractivity contribution is 5.23. The molecule has 4 heteroatoms. The highest BCUT2D eigenvalue weighted by atomic mass is 19.2. The third-order valence-corrected chi connectivity index (χ3v) is 3.53. The summed E-state index contributed by atoms with van der Waals surface area (Å²) >= 11 is 0. The van der Waals surface area contributed by atoms with E-state index in [0.717, 1.165) is 18.7 Å². The van der Waals surface area contributed by atoms with Gasteiger partial charge in [-0.2, -0.15) is 0 Å². The minimum absolute atomic E-state index is 0.0632. The second-order valence-corrected chi connectivity index (χ2v) is 5.25. The lowest BCUT2D eigenvalue weighted by Crippen LogP contribution is -2.37. The predicted molar refractivity (Wildman–Crippen MR) is 71.3 cm³/mol. The number of ether oxygens (including phenoxy) is 1. The summed E-state index contributed by atoms with van der Waals surface area (Å²) in [6.45, 7) is 2.65. The van der Waals surface area contributed by atoms with Gasteiger partial charge in [0, 0.05) is 18.7 Å². The number of halogens is 2. The van der Waals surface area contributed by atoms with E-state index < -0.39 is 11.6 Å². The van der Waals surface area contributed by atoms with Gasteiger partial charge in [0.2, 0.25) is 0 Å². The number of nitrogens with one attached hydrogen (secondary N) is 1. The molecule has 2 rings (SSSR count). The van der Waals surface area contributed by atoms with Crippen LogP contribution in [-0.4, -0.2) is 18.7 Å². The highest BCUT2D eigenvalue weighted by Gasteiger charge is 2.14. The van der Waals surface area contributed by atoms with Gasteiger partial charge in [0.25, 0.3) is 0 Å². The molecule has 2 nitrogen and oxygen atoms in total. The molecule has 0 saturated heterocycles. The number of hydrogen-bond donors (Lipinski definition) is 1. The minimum atomic E-state index is -0.870. The van der Waals surface area contributed by atoms with Crippen molar-refractivity contribution >= 4 is 0 Å². The van der Waals surface area contributed by atoms with Gasteiger partial charge in [-0.3, -0.25) is 0 Å². The maximum atomic E-state index is 13.0. The fourth-order valence-corrected chi connectivity index (χ4v) is 2.46. The van der Waals surface area contributed by atoms with Crippen molar-refractivity contribution in [2.45, 2.75) is 51.2 Å². The Morgan fingerprint density at radius 1 is 1.21 bits per heavy atom. The first-order chi connectivity index (χ1) is 9.15. The van der Waals surface area contributed by atoms with Crippen LogP contribution in [0.5, 0.6) is 5.75 Å². The van der Waals surface area contributed by atoms with Gasteiger partial charge in [-0.05, 0) is 31.9 Å². The Morgan fingerprint density at radius 2 is 1.95 bits per heavy atom. The van der Waals surface area contributed by atoms with Crippen molar-refractivity contribution in [2.75, 3.05) is 6.54 Å². The van der Waals surface area contributed by atoms with Crippen LogP contribution in [0.2, 0.25) is 0 Å². The molecule has 1 fully saturated rings. The Labute approximate surface area is 113 Å². The third kappa shape index (κ3) is 4.46. The SMILES string of the molecule is CC(CNC1CCCCC1)Oc1ccc(F)c(F)c1. The predicted octanol–water partition coefficient (Wildman–Crippen LogP) is 3.65. The van der Waals surface area contributed by atoms with Crippen LogP contribution in [0, 0.1) is 11.6 Å². The van der Waals surface area contributed by atoms with Crippen LogP contribution >= 0.6 is 0 Å². The Morgan fingerprint density at radius 3 is 2.63 bits per heavy atom. The van der Waals surface area contributed by atoms with E-state index in [9.17, 15) is 8.78 Å². The smallest absolute Gasteiger partial charge is 0.162 e. The molecule has 1 N–H and O–H groups in total. The summed E-state index contributed by atoms with van der Waals surface area (Å²) in [6, 6.07) is 4.21. The van der Waals surface area contributed by atoms with Gasteiger partial charge in [0.05, 0.1) is 0 Å². The van der Waals surface area contributed by atoms with Crippen molar-refractivity contribution < 1.29 is 13.5 Å². The van der Waals surface area contributed by atoms with Crippen LogP contribution < -0.4 is 10.1 Å². The summed E-state index contributed by atoms with van der Waals surface area (Å²) in [4.78, 5) is 0. The van der Waals surface area contributed by atoms with Crippen molar-refractivity contribution in [3.63, 3.8) is 0 Å². The van der Waals surface area contributed by atoms with Crippen molar-refractivity contribution in [1.82, 2.24) is 5.32 Å². The maximum absolute atomic E-state index is 13.0. The zero-order valence-corrected chi connectivity index (χ0v) is 11.3. The molecule has 1 aliphatic carbocycles. The molecule has 0 amide bonds. The minimum Gasteiger partial charge on any atom is -0.489 e. The zero-order chi connectivity index (χ0) is 13.7.